The van der Waals surface area contributed by atoms with Gasteiger partial charge in [0.15, 0.2) is 0 Å². The van der Waals surface area contributed by atoms with Gasteiger partial charge in [-0.05, 0) is 37.6 Å². The minimum atomic E-state index is 1.02. The number of halogens is 1. The van der Waals surface area contributed by atoms with Crippen molar-refractivity contribution in [3.05, 3.63) is 34.4 Å². The molecule has 0 aliphatic rings. The highest BCUT2D eigenvalue weighted by atomic mass is 79.9. The molecule has 17 heavy (non-hydrogen) atoms. The summed E-state index contributed by atoms with van der Waals surface area (Å²) < 4.78 is 1.09. The second-order valence-electron chi connectivity index (χ2n) is 4.25. The molecule has 3 heteroatoms. The predicted molar refractivity (Wildman–Crippen MR) is 77.6 cm³/mol. The first-order chi connectivity index (χ1) is 8.20. The second kappa shape index (κ2) is 5.50. The zero-order valence-corrected chi connectivity index (χ0v) is 11.8. The van der Waals surface area contributed by atoms with Crippen LogP contribution in [0, 0.1) is 6.92 Å². The molecule has 2 nitrogen and oxygen atoms in total. The van der Waals surface area contributed by atoms with Gasteiger partial charge in [-0.1, -0.05) is 29.3 Å². The van der Waals surface area contributed by atoms with E-state index in [1.165, 1.54) is 23.9 Å². The van der Waals surface area contributed by atoms with Crippen molar-refractivity contribution in [2.45, 2.75) is 26.7 Å². The van der Waals surface area contributed by atoms with Crippen LogP contribution in [0.2, 0.25) is 0 Å². The lowest BCUT2D eigenvalue weighted by Gasteiger charge is -2.10. The minimum absolute atomic E-state index is 1.02. The molecular formula is C14H17BrN2. The maximum absolute atomic E-state index is 4.54. The third kappa shape index (κ3) is 2.97. The van der Waals surface area contributed by atoms with Crippen LogP contribution in [-0.2, 0) is 0 Å². The molecule has 1 aromatic carbocycles. The molecule has 90 valence electrons. The van der Waals surface area contributed by atoms with Crippen LogP contribution in [0.1, 0.15) is 25.5 Å². The summed E-state index contributed by atoms with van der Waals surface area (Å²) in [5.74, 6) is 0. The summed E-state index contributed by atoms with van der Waals surface area (Å²) in [4.78, 5) is 4.54. The molecule has 0 bridgehead atoms. The van der Waals surface area contributed by atoms with E-state index in [4.69, 9.17) is 0 Å². The quantitative estimate of drug-likeness (QED) is 0.838. The summed E-state index contributed by atoms with van der Waals surface area (Å²) in [7, 11) is 0. The Morgan fingerprint density at radius 1 is 1.29 bits per heavy atom. The molecule has 2 aromatic rings. The summed E-state index contributed by atoms with van der Waals surface area (Å²) >= 11 is 3.51. The van der Waals surface area contributed by atoms with Crippen molar-refractivity contribution in [1.29, 1.82) is 0 Å². The van der Waals surface area contributed by atoms with Gasteiger partial charge < -0.3 is 5.32 Å². The van der Waals surface area contributed by atoms with Crippen LogP contribution in [-0.4, -0.2) is 11.5 Å². The van der Waals surface area contributed by atoms with E-state index < -0.39 is 0 Å². The first-order valence-corrected chi connectivity index (χ1v) is 6.81. The number of fused-ring (bicyclic) bond motifs is 1. The van der Waals surface area contributed by atoms with Gasteiger partial charge in [0.25, 0.3) is 0 Å². The summed E-state index contributed by atoms with van der Waals surface area (Å²) in [6.07, 6.45) is 2.40. The number of rotatable bonds is 4. The van der Waals surface area contributed by atoms with Crippen molar-refractivity contribution in [2.75, 3.05) is 11.9 Å². The van der Waals surface area contributed by atoms with Crippen LogP contribution < -0.4 is 5.32 Å². The third-order valence-electron chi connectivity index (χ3n) is 2.74. The molecule has 1 N–H and O–H groups in total. The standard InChI is InChI=1S/C14H17BrN2/c1-3-4-7-16-14-8-10(2)17-13-6-5-11(15)9-12(13)14/h5-6,8-9H,3-4,7H2,1-2H3,(H,16,17). The Bertz CT molecular complexity index is 523. The van der Waals surface area contributed by atoms with Crippen LogP contribution in [0.15, 0.2) is 28.7 Å². The zero-order chi connectivity index (χ0) is 12.3. The Kier molecular flexibility index (Phi) is 4.00. The summed E-state index contributed by atoms with van der Waals surface area (Å²) in [5.41, 5.74) is 3.29. The van der Waals surface area contributed by atoms with Gasteiger partial charge in [-0.2, -0.15) is 0 Å². The Balaban J connectivity index is 2.40. The smallest absolute Gasteiger partial charge is 0.0726 e. The molecule has 0 fully saturated rings. The molecule has 1 heterocycles. The molecule has 0 aliphatic heterocycles. The zero-order valence-electron chi connectivity index (χ0n) is 10.3. The number of hydrogen-bond donors (Lipinski definition) is 1. The average Bonchev–Trinajstić information content (AvgIpc) is 2.30. The molecule has 0 saturated heterocycles. The van der Waals surface area contributed by atoms with Crippen molar-refractivity contribution in [1.82, 2.24) is 4.98 Å². The fourth-order valence-electron chi connectivity index (χ4n) is 1.88. The van der Waals surface area contributed by atoms with Crippen LogP contribution in [0.25, 0.3) is 10.9 Å². The summed E-state index contributed by atoms with van der Waals surface area (Å²) in [6, 6.07) is 8.32. The fourth-order valence-corrected chi connectivity index (χ4v) is 2.24. The van der Waals surface area contributed by atoms with Crippen molar-refractivity contribution in [3.63, 3.8) is 0 Å². The number of anilines is 1. The molecule has 0 aliphatic carbocycles. The van der Waals surface area contributed by atoms with Gasteiger partial charge in [0, 0.05) is 27.8 Å². The molecule has 0 saturated carbocycles. The summed E-state index contributed by atoms with van der Waals surface area (Å²) in [6.45, 7) is 5.25. The lowest BCUT2D eigenvalue weighted by Crippen LogP contribution is -2.02. The Morgan fingerprint density at radius 2 is 2.12 bits per heavy atom. The van der Waals surface area contributed by atoms with Gasteiger partial charge in [-0.15, -0.1) is 0 Å². The van der Waals surface area contributed by atoms with Gasteiger partial charge in [0.05, 0.1) is 5.52 Å². The number of benzene rings is 1. The van der Waals surface area contributed by atoms with Gasteiger partial charge in [0.1, 0.15) is 0 Å². The maximum Gasteiger partial charge on any atom is 0.0726 e. The molecule has 0 atom stereocenters. The number of unbranched alkanes of at least 4 members (excludes halogenated alkanes) is 1. The number of hydrogen-bond acceptors (Lipinski definition) is 2. The van der Waals surface area contributed by atoms with Crippen molar-refractivity contribution in [3.8, 4) is 0 Å². The highest BCUT2D eigenvalue weighted by Gasteiger charge is 2.04. The SMILES string of the molecule is CCCCNc1cc(C)nc2ccc(Br)cc12. The number of nitrogens with zero attached hydrogens (tertiary/aromatic N) is 1. The maximum atomic E-state index is 4.54. The van der Waals surface area contributed by atoms with E-state index in [2.05, 4.69) is 51.4 Å². The minimum Gasteiger partial charge on any atom is -0.384 e. The van der Waals surface area contributed by atoms with Gasteiger partial charge >= 0.3 is 0 Å². The van der Waals surface area contributed by atoms with Gasteiger partial charge in [0.2, 0.25) is 0 Å². The van der Waals surface area contributed by atoms with E-state index in [-0.39, 0.29) is 0 Å². The van der Waals surface area contributed by atoms with Crippen molar-refractivity contribution < 1.29 is 0 Å². The van der Waals surface area contributed by atoms with E-state index >= 15 is 0 Å². The van der Waals surface area contributed by atoms with E-state index in [0.29, 0.717) is 0 Å². The largest absolute Gasteiger partial charge is 0.384 e. The number of pyridine rings is 1. The van der Waals surface area contributed by atoms with Crippen LogP contribution >= 0.6 is 15.9 Å². The van der Waals surface area contributed by atoms with Crippen LogP contribution in [0.5, 0.6) is 0 Å². The lowest BCUT2D eigenvalue weighted by atomic mass is 10.1. The molecule has 0 radical (unpaired) electrons. The molecule has 0 unspecified atom stereocenters. The van der Waals surface area contributed by atoms with Gasteiger partial charge in [-0.25, -0.2) is 0 Å². The second-order valence-corrected chi connectivity index (χ2v) is 5.17. The highest BCUT2D eigenvalue weighted by molar-refractivity contribution is 9.10. The van der Waals surface area contributed by atoms with Crippen molar-refractivity contribution in [2.24, 2.45) is 0 Å². The summed E-state index contributed by atoms with van der Waals surface area (Å²) in [5, 5.41) is 4.68. The van der Waals surface area contributed by atoms with E-state index in [0.717, 1.165) is 22.2 Å². The van der Waals surface area contributed by atoms with E-state index in [1.54, 1.807) is 0 Å². The van der Waals surface area contributed by atoms with Crippen molar-refractivity contribution >= 4 is 32.5 Å². The Morgan fingerprint density at radius 3 is 2.88 bits per heavy atom. The number of nitrogens with one attached hydrogen (secondary N) is 1. The molecular weight excluding hydrogens is 276 g/mol. The average molecular weight is 293 g/mol. The number of aryl methyl sites for hydroxylation is 1. The topological polar surface area (TPSA) is 24.9 Å². The van der Waals surface area contributed by atoms with E-state index in [9.17, 15) is 0 Å². The predicted octanol–water partition coefficient (Wildman–Crippen LogP) is 4.52. The van der Waals surface area contributed by atoms with E-state index in [1.807, 2.05) is 13.0 Å². The number of aromatic nitrogens is 1. The Labute approximate surface area is 111 Å². The third-order valence-corrected chi connectivity index (χ3v) is 3.24. The fraction of sp³-hybridized carbons (Fsp3) is 0.357. The van der Waals surface area contributed by atoms with Crippen LogP contribution in [0.3, 0.4) is 0 Å². The normalized spacial score (nSPS) is 10.8. The molecule has 0 amide bonds. The monoisotopic (exact) mass is 292 g/mol. The molecule has 2 rings (SSSR count). The van der Waals surface area contributed by atoms with Gasteiger partial charge in [-0.3, -0.25) is 4.98 Å². The lowest BCUT2D eigenvalue weighted by molar-refractivity contribution is 0.835. The molecule has 0 spiro atoms. The highest BCUT2D eigenvalue weighted by Crippen LogP contribution is 2.26. The molecule has 1 aromatic heterocycles. The first-order valence-electron chi connectivity index (χ1n) is 6.01. The van der Waals surface area contributed by atoms with Crippen LogP contribution in [0.4, 0.5) is 5.69 Å². The Hall–Kier alpha value is -1.09. The first kappa shape index (κ1) is 12.4.